The van der Waals surface area contributed by atoms with Crippen LogP contribution in [0.15, 0.2) is 188 Å². The van der Waals surface area contributed by atoms with Gasteiger partial charge in [0.15, 0.2) is 0 Å². The van der Waals surface area contributed by atoms with Gasteiger partial charge in [-0.2, -0.15) is 0 Å². The van der Waals surface area contributed by atoms with Gasteiger partial charge < -0.3 is 4.90 Å². The highest BCUT2D eigenvalue weighted by molar-refractivity contribution is 7.27. The van der Waals surface area contributed by atoms with Gasteiger partial charge in [0.25, 0.3) is 0 Å². The quantitative estimate of drug-likeness (QED) is 0.160. The Morgan fingerprint density at radius 1 is 0.382 bits per heavy atom. The molecular weight excluding hydrogens is 683 g/mol. The number of benzene rings is 9. The maximum absolute atomic E-state index is 2.54. The molecule has 0 saturated heterocycles. The van der Waals surface area contributed by atoms with Crippen LogP contribution in [0.5, 0.6) is 0 Å². The van der Waals surface area contributed by atoms with Crippen LogP contribution in [0.4, 0.5) is 17.1 Å². The van der Waals surface area contributed by atoms with E-state index in [1.165, 1.54) is 91.9 Å². The smallest absolute Gasteiger partial charge is 0.0718 e. The maximum Gasteiger partial charge on any atom is 0.0718 e. The summed E-state index contributed by atoms with van der Waals surface area (Å²) in [6.45, 7) is 4.75. The van der Waals surface area contributed by atoms with Crippen molar-refractivity contribution in [3.05, 3.63) is 199 Å². The third kappa shape index (κ3) is 4.85. The third-order valence-electron chi connectivity index (χ3n) is 11.9. The van der Waals surface area contributed by atoms with E-state index >= 15 is 0 Å². The van der Waals surface area contributed by atoms with E-state index in [4.69, 9.17) is 0 Å². The predicted octanol–water partition coefficient (Wildman–Crippen LogP) is 15.5. The molecule has 0 N–H and O–H groups in total. The van der Waals surface area contributed by atoms with Gasteiger partial charge in [0.05, 0.1) is 10.4 Å². The van der Waals surface area contributed by atoms with E-state index in [9.17, 15) is 0 Å². The second-order valence-corrected chi connectivity index (χ2v) is 16.3. The van der Waals surface area contributed by atoms with Crippen molar-refractivity contribution in [3.63, 3.8) is 0 Å². The van der Waals surface area contributed by atoms with E-state index in [-0.39, 0.29) is 5.41 Å². The van der Waals surface area contributed by atoms with Gasteiger partial charge in [0, 0.05) is 43.2 Å². The van der Waals surface area contributed by atoms with Crippen LogP contribution in [-0.2, 0) is 5.41 Å². The first-order valence-corrected chi connectivity index (χ1v) is 19.9. The summed E-state index contributed by atoms with van der Waals surface area (Å²) in [6, 6.07) is 69.5. The number of nitrogens with zero attached hydrogens (tertiary/aromatic N) is 1. The van der Waals surface area contributed by atoms with E-state index in [1.54, 1.807) is 0 Å². The van der Waals surface area contributed by atoms with E-state index < -0.39 is 0 Å². The molecular formula is C53H37NS. The van der Waals surface area contributed by atoms with E-state index in [1.807, 2.05) is 11.3 Å². The normalized spacial score (nSPS) is 13.1. The number of hydrogen-bond acceptors (Lipinski definition) is 2. The van der Waals surface area contributed by atoms with Crippen LogP contribution in [-0.4, -0.2) is 0 Å². The first-order chi connectivity index (χ1) is 27.1. The molecule has 260 valence electrons. The molecule has 0 aliphatic heterocycles. The highest BCUT2D eigenvalue weighted by Crippen LogP contribution is 2.55. The Balaban J connectivity index is 1.25. The molecule has 11 rings (SSSR count). The Kier molecular flexibility index (Phi) is 7.14. The molecule has 0 bridgehead atoms. The average Bonchev–Trinajstić information content (AvgIpc) is 3.75. The molecule has 0 amide bonds. The fraction of sp³-hybridized carbons (Fsp3) is 0.0566. The van der Waals surface area contributed by atoms with Gasteiger partial charge >= 0.3 is 0 Å². The minimum absolute atomic E-state index is 0.130. The number of thiophene rings is 1. The highest BCUT2D eigenvalue weighted by atomic mass is 32.1. The Morgan fingerprint density at radius 3 is 1.67 bits per heavy atom. The van der Waals surface area contributed by atoms with Crippen LogP contribution in [0, 0.1) is 0 Å². The van der Waals surface area contributed by atoms with Crippen LogP contribution in [0.25, 0.3) is 75.1 Å². The third-order valence-corrected chi connectivity index (χ3v) is 13.1. The van der Waals surface area contributed by atoms with Crippen molar-refractivity contribution < 1.29 is 0 Å². The van der Waals surface area contributed by atoms with Gasteiger partial charge in [-0.25, -0.2) is 0 Å². The minimum atomic E-state index is -0.130. The van der Waals surface area contributed by atoms with Crippen molar-refractivity contribution in [2.24, 2.45) is 0 Å². The SMILES string of the molecule is CC1(C)c2ccccc2-c2ccc(N(c3ccc(-c4ccccc4)cc3)c3c(-c4ccccc4)ccc4c3sc3c5ccccc5c5ccccc5c43)cc21. The zero-order valence-electron chi connectivity index (χ0n) is 30.8. The zero-order valence-corrected chi connectivity index (χ0v) is 31.6. The summed E-state index contributed by atoms with van der Waals surface area (Å²) >= 11 is 1.93. The molecule has 0 radical (unpaired) electrons. The van der Waals surface area contributed by atoms with Crippen LogP contribution in [0.1, 0.15) is 25.0 Å². The van der Waals surface area contributed by atoms with Crippen LogP contribution in [0.2, 0.25) is 0 Å². The van der Waals surface area contributed by atoms with Gasteiger partial charge in [-0.05, 0) is 79.4 Å². The molecule has 0 atom stereocenters. The largest absolute Gasteiger partial charge is 0.308 e. The van der Waals surface area contributed by atoms with Crippen molar-refractivity contribution in [2.75, 3.05) is 4.90 Å². The summed E-state index contributed by atoms with van der Waals surface area (Å²) in [5.41, 5.74) is 13.6. The van der Waals surface area contributed by atoms with E-state index in [2.05, 4.69) is 207 Å². The molecule has 2 heteroatoms. The van der Waals surface area contributed by atoms with E-state index in [0.717, 1.165) is 11.4 Å². The molecule has 0 spiro atoms. The standard InChI is InChI=1S/C53H37NS/c1-53(2)47-24-14-13-21-42(47)43-30-29-38(33-48(43)53)54(37-27-25-35(26-28-37)34-15-5-3-6-16-34)50-39(36-17-7-4-8-18-36)31-32-46-49-44-22-11-9-19-40(44)41-20-10-12-23-45(41)51(49)55-52(46)50/h3-33H,1-2H3. The molecule has 1 aromatic heterocycles. The van der Waals surface area contributed by atoms with Crippen molar-refractivity contribution in [1.29, 1.82) is 0 Å². The molecule has 55 heavy (non-hydrogen) atoms. The van der Waals surface area contributed by atoms with Crippen molar-refractivity contribution in [1.82, 2.24) is 0 Å². The molecule has 1 aliphatic rings. The van der Waals surface area contributed by atoms with Gasteiger partial charge in [0.1, 0.15) is 0 Å². The molecule has 1 aliphatic carbocycles. The molecule has 0 fully saturated rings. The van der Waals surface area contributed by atoms with Crippen LogP contribution < -0.4 is 4.90 Å². The molecule has 9 aromatic carbocycles. The second kappa shape index (κ2) is 12.3. The molecule has 0 saturated carbocycles. The second-order valence-electron chi connectivity index (χ2n) is 15.3. The first kappa shape index (κ1) is 32.0. The van der Waals surface area contributed by atoms with Crippen molar-refractivity contribution >= 4 is 70.1 Å². The van der Waals surface area contributed by atoms with Gasteiger partial charge in [-0.15, -0.1) is 11.3 Å². The fourth-order valence-corrected chi connectivity index (χ4v) is 10.6. The Hall–Kier alpha value is -6.48. The van der Waals surface area contributed by atoms with Gasteiger partial charge in [0.2, 0.25) is 0 Å². The summed E-state index contributed by atoms with van der Waals surface area (Å²) in [4.78, 5) is 2.54. The monoisotopic (exact) mass is 719 g/mol. The van der Waals surface area contributed by atoms with Crippen molar-refractivity contribution in [2.45, 2.75) is 19.3 Å². The average molecular weight is 720 g/mol. The topological polar surface area (TPSA) is 3.24 Å². The fourth-order valence-electron chi connectivity index (χ4n) is 9.20. The number of fused-ring (bicyclic) bond motifs is 11. The number of anilines is 3. The highest BCUT2D eigenvalue weighted by Gasteiger charge is 2.36. The molecule has 0 unspecified atom stereocenters. The minimum Gasteiger partial charge on any atom is -0.308 e. The molecule has 10 aromatic rings. The molecule has 1 heterocycles. The number of hydrogen-bond donors (Lipinski definition) is 0. The number of rotatable bonds is 5. The zero-order chi connectivity index (χ0) is 36.7. The Morgan fingerprint density at radius 2 is 0.927 bits per heavy atom. The summed E-state index contributed by atoms with van der Waals surface area (Å²) < 4.78 is 2.62. The van der Waals surface area contributed by atoms with Crippen molar-refractivity contribution in [3.8, 4) is 33.4 Å². The first-order valence-electron chi connectivity index (χ1n) is 19.1. The lowest BCUT2D eigenvalue weighted by molar-refractivity contribution is 0.660. The summed E-state index contributed by atoms with van der Waals surface area (Å²) in [5, 5.41) is 7.83. The van der Waals surface area contributed by atoms with Gasteiger partial charge in [-0.3, -0.25) is 0 Å². The summed E-state index contributed by atoms with van der Waals surface area (Å²) in [6.07, 6.45) is 0. The van der Waals surface area contributed by atoms with Crippen LogP contribution >= 0.6 is 11.3 Å². The lowest BCUT2D eigenvalue weighted by Crippen LogP contribution is -2.17. The molecule has 1 nitrogen and oxygen atoms in total. The summed E-state index contributed by atoms with van der Waals surface area (Å²) in [7, 11) is 0. The van der Waals surface area contributed by atoms with Gasteiger partial charge in [-0.1, -0.05) is 178 Å². The lowest BCUT2D eigenvalue weighted by atomic mass is 9.82. The lowest BCUT2D eigenvalue weighted by Gasteiger charge is -2.30. The maximum atomic E-state index is 2.54. The van der Waals surface area contributed by atoms with E-state index in [0.29, 0.717) is 0 Å². The Labute approximate surface area is 325 Å². The Bertz CT molecular complexity index is 3100. The van der Waals surface area contributed by atoms with Crippen LogP contribution in [0.3, 0.4) is 0 Å². The summed E-state index contributed by atoms with van der Waals surface area (Å²) in [5.74, 6) is 0. The predicted molar refractivity (Wildman–Crippen MR) is 237 cm³/mol.